The van der Waals surface area contributed by atoms with Gasteiger partial charge in [0.1, 0.15) is 6.33 Å². The van der Waals surface area contributed by atoms with E-state index in [0.29, 0.717) is 34.0 Å². The van der Waals surface area contributed by atoms with Crippen molar-refractivity contribution < 1.29 is 13.6 Å². The number of alkyl halides is 2. The zero-order valence-corrected chi connectivity index (χ0v) is 13.6. The van der Waals surface area contributed by atoms with Gasteiger partial charge in [-0.3, -0.25) is 4.79 Å². The van der Waals surface area contributed by atoms with Crippen LogP contribution in [-0.2, 0) is 11.3 Å². The Hall–Kier alpha value is -1.87. The maximum atomic E-state index is 12.2. The summed E-state index contributed by atoms with van der Waals surface area (Å²) in [6, 6.07) is 6.27. The third kappa shape index (κ3) is 5.68. The smallest absolute Gasteiger partial charge is 0.288 e. The second kappa shape index (κ2) is 8.68. The molecule has 0 spiro atoms. The van der Waals surface area contributed by atoms with Crippen molar-refractivity contribution in [1.82, 2.24) is 14.8 Å². The van der Waals surface area contributed by atoms with Crippen molar-refractivity contribution in [3.05, 3.63) is 43.2 Å². The maximum absolute atomic E-state index is 12.2. The molecule has 1 aromatic heterocycles. The summed E-state index contributed by atoms with van der Waals surface area (Å²) in [6.45, 7) is 4.21. The minimum absolute atomic E-state index is 0.170. The summed E-state index contributed by atoms with van der Waals surface area (Å²) in [5.41, 5.74) is 0.557. The molecule has 122 valence electrons. The van der Waals surface area contributed by atoms with Crippen LogP contribution in [0, 0.1) is 0 Å². The highest BCUT2D eigenvalue weighted by atomic mass is 32.2. The average molecular weight is 356 g/mol. The van der Waals surface area contributed by atoms with E-state index in [1.807, 2.05) is 0 Å². The molecular formula is C14H14F2N4OS2. The molecule has 0 fully saturated rings. The van der Waals surface area contributed by atoms with Gasteiger partial charge in [-0.05, 0) is 24.3 Å². The normalized spacial score (nSPS) is 10.7. The minimum atomic E-state index is -2.46. The molecule has 23 heavy (non-hydrogen) atoms. The summed E-state index contributed by atoms with van der Waals surface area (Å²) in [6.07, 6.45) is 3.29. The molecule has 1 heterocycles. The van der Waals surface area contributed by atoms with E-state index in [-0.39, 0.29) is 11.7 Å². The lowest BCUT2D eigenvalue weighted by Crippen LogP contribution is -2.14. The predicted molar refractivity (Wildman–Crippen MR) is 87.9 cm³/mol. The summed E-state index contributed by atoms with van der Waals surface area (Å²) in [5, 5.41) is 11.0. The topological polar surface area (TPSA) is 59.8 Å². The Balaban J connectivity index is 1.84. The molecule has 0 saturated heterocycles. The van der Waals surface area contributed by atoms with Crippen LogP contribution in [0.3, 0.4) is 0 Å². The molecule has 0 radical (unpaired) electrons. The van der Waals surface area contributed by atoms with Gasteiger partial charge < -0.3 is 9.88 Å². The Labute approximate surface area is 140 Å². The number of carbonyl (C=O) groups is 1. The van der Waals surface area contributed by atoms with Gasteiger partial charge in [0.15, 0.2) is 5.16 Å². The fourth-order valence-corrected chi connectivity index (χ4v) is 2.89. The first-order valence-corrected chi connectivity index (χ1v) is 8.41. The van der Waals surface area contributed by atoms with Crippen LogP contribution in [-0.4, -0.2) is 32.2 Å². The molecular weight excluding hydrogens is 342 g/mol. The van der Waals surface area contributed by atoms with Gasteiger partial charge in [-0.2, -0.15) is 8.78 Å². The van der Waals surface area contributed by atoms with Gasteiger partial charge in [-0.1, -0.05) is 29.6 Å². The Morgan fingerprint density at radius 2 is 2.13 bits per heavy atom. The van der Waals surface area contributed by atoms with Crippen molar-refractivity contribution in [2.75, 3.05) is 11.1 Å². The standard InChI is InChI=1S/C14H14F2N4OS2/c1-2-7-20-9-17-19-14(20)22-8-12(21)18-10-3-5-11(6-4-10)23-13(15)16/h2-6,9,13H,1,7-8H2,(H,18,21). The molecule has 9 heteroatoms. The molecule has 0 bridgehead atoms. The first-order chi connectivity index (χ1) is 11.1. The maximum Gasteiger partial charge on any atom is 0.288 e. The number of nitrogens with zero attached hydrogens (tertiary/aromatic N) is 3. The molecule has 2 aromatic rings. The SMILES string of the molecule is C=CCn1cnnc1SCC(=O)Nc1ccc(SC(F)F)cc1. The Bertz CT molecular complexity index is 661. The van der Waals surface area contributed by atoms with Crippen molar-refractivity contribution in [3.8, 4) is 0 Å². The average Bonchev–Trinajstić information content (AvgIpc) is 2.94. The highest BCUT2D eigenvalue weighted by Crippen LogP contribution is 2.26. The largest absolute Gasteiger partial charge is 0.325 e. The summed E-state index contributed by atoms with van der Waals surface area (Å²) >= 11 is 1.72. The minimum Gasteiger partial charge on any atom is -0.325 e. The van der Waals surface area contributed by atoms with Crippen LogP contribution < -0.4 is 5.32 Å². The van der Waals surface area contributed by atoms with Crippen LogP contribution in [0.15, 0.2) is 53.3 Å². The molecule has 0 aliphatic rings. The van der Waals surface area contributed by atoms with Gasteiger partial charge in [0.2, 0.25) is 5.91 Å². The molecule has 0 unspecified atom stereocenters. The summed E-state index contributed by atoms with van der Waals surface area (Å²) in [7, 11) is 0. The van der Waals surface area contributed by atoms with Gasteiger partial charge in [0.05, 0.1) is 5.75 Å². The van der Waals surface area contributed by atoms with E-state index >= 15 is 0 Å². The number of benzene rings is 1. The lowest BCUT2D eigenvalue weighted by molar-refractivity contribution is -0.113. The molecule has 1 amide bonds. The Morgan fingerprint density at radius 1 is 1.39 bits per heavy atom. The van der Waals surface area contributed by atoms with Crippen LogP contribution >= 0.6 is 23.5 Å². The molecule has 5 nitrogen and oxygen atoms in total. The van der Waals surface area contributed by atoms with Gasteiger partial charge >= 0.3 is 0 Å². The third-order valence-electron chi connectivity index (χ3n) is 2.60. The first kappa shape index (κ1) is 17.5. The number of hydrogen-bond acceptors (Lipinski definition) is 5. The van der Waals surface area contributed by atoms with Gasteiger partial charge in [0, 0.05) is 17.1 Å². The number of aromatic nitrogens is 3. The molecule has 1 aromatic carbocycles. The van der Waals surface area contributed by atoms with E-state index in [9.17, 15) is 13.6 Å². The lowest BCUT2D eigenvalue weighted by Gasteiger charge is -2.06. The quantitative estimate of drug-likeness (QED) is 0.579. The zero-order chi connectivity index (χ0) is 16.7. The van der Waals surface area contributed by atoms with Crippen molar-refractivity contribution in [1.29, 1.82) is 0 Å². The van der Waals surface area contributed by atoms with Gasteiger partial charge in [0.25, 0.3) is 5.76 Å². The number of rotatable bonds is 8. The summed E-state index contributed by atoms with van der Waals surface area (Å²) in [5.74, 6) is -2.50. The number of thioether (sulfide) groups is 2. The molecule has 2 rings (SSSR count). The van der Waals surface area contributed by atoms with E-state index in [1.165, 1.54) is 11.8 Å². The Kier molecular flexibility index (Phi) is 6.60. The summed E-state index contributed by atoms with van der Waals surface area (Å²) in [4.78, 5) is 12.4. The second-order valence-corrected chi connectivity index (χ2v) is 6.30. The van der Waals surface area contributed by atoms with Crippen LogP contribution in [0.2, 0.25) is 0 Å². The van der Waals surface area contributed by atoms with Crippen molar-refractivity contribution in [2.45, 2.75) is 22.4 Å². The summed E-state index contributed by atoms with van der Waals surface area (Å²) < 4.78 is 26.2. The number of carbonyl (C=O) groups excluding carboxylic acids is 1. The van der Waals surface area contributed by atoms with E-state index in [1.54, 1.807) is 41.2 Å². The molecule has 0 aliphatic carbocycles. The zero-order valence-electron chi connectivity index (χ0n) is 12.0. The van der Waals surface area contributed by atoms with E-state index < -0.39 is 5.76 Å². The molecule has 0 atom stereocenters. The van der Waals surface area contributed by atoms with Crippen molar-refractivity contribution in [2.24, 2.45) is 0 Å². The first-order valence-electron chi connectivity index (χ1n) is 6.54. The van der Waals surface area contributed by atoms with E-state index in [4.69, 9.17) is 0 Å². The van der Waals surface area contributed by atoms with Crippen molar-refractivity contribution in [3.63, 3.8) is 0 Å². The number of hydrogen-bond donors (Lipinski definition) is 1. The fourth-order valence-electron chi connectivity index (χ4n) is 1.67. The van der Waals surface area contributed by atoms with Crippen LogP contribution in [0.1, 0.15) is 0 Å². The monoisotopic (exact) mass is 356 g/mol. The number of allylic oxidation sites excluding steroid dienone is 1. The number of anilines is 1. The van der Waals surface area contributed by atoms with Crippen LogP contribution in [0.4, 0.5) is 14.5 Å². The van der Waals surface area contributed by atoms with Gasteiger partial charge in [-0.15, -0.1) is 16.8 Å². The van der Waals surface area contributed by atoms with Crippen LogP contribution in [0.25, 0.3) is 0 Å². The predicted octanol–water partition coefficient (Wildman–Crippen LogP) is 3.51. The molecule has 0 aliphatic heterocycles. The number of nitrogens with one attached hydrogen (secondary N) is 1. The number of halogens is 2. The fraction of sp³-hybridized carbons (Fsp3) is 0.214. The molecule has 1 N–H and O–H groups in total. The van der Waals surface area contributed by atoms with Gasteiger partial charge in [-0.25, -0.2) is 0 Å². The second-order valence-electron chi connectivity index (χ2n) is 4.29. The number of amides is 1. The highest BCUT2D eigenvalue weighted by molar-refractivity contribution is 8.00. The third-order valence-corrected chi connectivity index (χ3v) is 4.30. The van der Waals surface area contributed by atoms with E-state index in [0.717, 1.165) is 0 Å². The van der Waals surface area contributed by atoms with E-state index in [2.05, 4.69) is 22.1 Å². The molecule has 0 saturated carbocycles. The lowest BCUT2D eigenvalue weighted by atomic mass is 10.3. The van der Waals surface area contributed by atoms with Crippen molar-refractivity contribution >= 4 is 35.1 Å². The van der Waals surface area contributed by atoms with Crippen LogP contribution in [0.5, 0.6) is 0 Å². The highest BCUT2D eigenvalue weighted by Gasteiger charge is 2.09. The Morgan fingerprint density at radius 3 is 2.78 bits per heavy atom.